The smallest absolute Gasteiger partial charge is 0.224 e. The highest BCUT2D eigenvalue weighted by Gasteiger charge is 2.18. The summed E-state index contributed by atoms with van der Waals surface area (Å²) in [5, 5.41) is 2.87. The van der Waals surface area contributed by atoms with E-state index in [1.807, 2.05) is 12.1 Å². The molecule has 0 spiro atoms. The first-order valence-corrected chi connectivity index (χ1v) is 8.27. The van der Waals surface area contributed by atoms with Crippen molar-refractivity contribution in [1.82, 2.24) is 0 Å². The van der Waals surface area contributed by atoms with Crippen molar-refractivity contribution in [2.75, 3.05) is 5.32 Å². The number of aryl methyl sites for hydroxylation is 1. The number of hydrogen-bond donors (Lipinski definition) is 1. The number of rotatable bonds is 2. The van der Waals surface area contributed by atoms with Gasteiger partial charge in [0.2, 0.25) is 5.91 Å². The number of nitrogens with one attached hydrogen (secondary N) is 1. The van der Waals surface area contributed by atoms with Gasteiger partial charge >= 0.3 is 0 Å². The highest BCUT2D eigenvalue weighted by atomic mass is 79.9. The van der Waals surface area contributed by atoms with E-state index < -0.39 is 0 Å². The topological polar surface area (TPSA) is 29.1 Å². The number of alkyl halides is 1. The molecule has 1 aliphatic rings. The van der Waals surface area contributed by atoms with Gasteiger partial charge in [-0.3, -0.25) is 4.79 Å². The van der Waals surface area contributed by atoms with Gasteiger partial charge in [-0.2, -0.15) is 0 Å². The van der Waals surface area contributed by atoms with Crippen LogP contribution in [0.4, 0.5) is 10.1 Å². The lowest BCUT2D eigenvalue weighted by Gasteiger charge is -2.19. The summed E-state index contributed by atoms with van der Waals surface area (Å²) >= 11 is 6.87. The zero-order chi connectivity index (χ0) is 15.0. The van der Waals surface area contributed by atoms with Crippen LogP contribution in [-0.4, -0.2) is 5.91 Å². The Balaban J connectivity index is 1.93. The van der Waals surface area contributed by atoms with Gasteiger partial charge in [-0.1, -0.05) is 34.1 Å². The van der Waals surface area contributed by atoms with Crippen molar-refractivity contribution >= 4 is 43.5 Å². The normalized spacial score (nSPS) is 15.3. The molecule has 108 valence electrons. The summed E-state index contributed by atoms with van der Waals surface area (Å²) in [7, 11) is 0. The Bertz CT molecular complexity index is 717. The van der Waals surface area contributed by atoms with E-state index in [9.17, 15) is 9.18 Å². The lowest BCUT2D eigenvalue weighted by molar-refractivity contribution is -0.116. The Morgan fingerprint density at radius 1 is 1.10 bits per heavy atom. The van der Waals surface area contributed by atoms with E-state index in [-0.39, 0.29) is 16.6 Å². The van der Waals surface area contributed by atoms with E-state index in [0.29, 0.717) is 10.9 Å². The van der Waals surface area contributed by atoms with Crippen LogP contribution in [0.25, 0.3) is 0 Å². The molecular weight excluding hydrogens is 401 g/mol. The molecule has 0 saturated carbocycles. The zero-order valence-corrected chi connectivity index (χ0v) is 14.2. The summed E-state index contributed by atoms with van der Waals surface area (Å²) in [6.07, 6.45) is 1.27. The van der Waals surface area contributed by atoms with Crippen molar-refractivity contribution in [3.8, 4) is 0 Å². The molecule has 5 heteroatoms. The summed E-state index contributed by atoms with van der Waals surface area (Å²) in [5.41, 5.74) is 4.08. The number of carbonyl (C=O) groups excluding carboxylic acids is 1. The molecule has 0 aliphatic carbocycles. The first kappa shape index (κ1) is 14.7. The van der Waals surface area contributed by atoms with Crippen LogP contribution < -0.4 is 5.32 Å². The van der Waals surface area contributed by atoms with Crippen LogP contribution in [0.15, 0.2) is 40.9 Å². The Hall–Kier alpha value is -1.20. The molecule has 0 bridgehead atoms. The van der Waals surface area contributed by atoms with Crippen molar-refractivity contribution in [3.63, 3.8) is 0 Å². The third-order valence-electron chi connectivity index (χ3n) is 3.55. The second kappa shape index (κ2) is 5.89. The van der Waals surface area contributed by atoms with Crippen LogP contribution in [-0.2, 0) is 11.2 Å². The van der Waals surface area contributed by atoms with Gasteiger partial charge in [0.05, 0.1) is 9.30 Å². The molecule has 0 radical (unpaired) electrons. The summed E-state index contributed by atoms with van der Waals surface area (Å²) in [4.78, 5) is 11.4. The molecular formula is C16H12Br2FNO. The number of hydrogen-bond acceptors (Lipinski definition) is 1. The summed E-state index contributed by atoms with van der Waals surface area (Å²) in [6.45, 7) is 0. The Morgan fingerprint density at radius 3 is 2.57 bits per heavy atom. The summed E-state index contributed by atoms with van der Waals surface area (Å²) in [6, 6.07) is 11.0. The van der Waals surface area contributed by atoms with Gasteiger partial charge in [0, 0.05) is 12.1 Å². The van der Waals surface area contributed by atoms with Crippen molar-refractivity contribution in [1.29, 1.82) is 0 Å². The monoisotopic (exact) mass is 411 g/mol. The van der Waals surface area contributed by atoms with Gasteiger partial charge in [-0.05, 0) is 57.2 Å². The number of fused-ring (bicyclic) bond motifs is 1. The number of anilines is 1. The second-order valence-corrected chi connectivity index (χ2v) is 6.77. The standard InChI is InChI=1S/C16H12Br2FNO/c17-12-8-11(1-4-13(12)19)16(18)10-2-5-14-9(7-10)3-6-15(21)20-14/h1-2,4-5,7-8,16H,3,6H2,(H,20,21). The molecule has 2 nitrogen and oxygen atoms in total. The third kappa shape index (κ3) is 3.04. The van der Waals surface area contributed by atoms with E-state index in [0.717, 1.165) is 28.8 Å². The molecule has 0 saturated heterocycles. The predicted octanol–water partition coefficient (Wildman–Crippen LogP) is 4.96. The van der Waals surface area contributed by atoms with Crippen molar-refractivity contribution < 1.29 is 9.18 Å². The van der Waals surface area contributed by atoms with Gasteiger partial charge in [-0.25, -0.2) is 4.39 Å². The Kier molecular flexibility index (Phi) is 4.13. The maximum atomic E-state index is 13.3. The minimum atomic E-state index is -0.272. The predicted molar refractivity (Wildman–Crippen MR) is 88.3 cm³/mol. The van der Waals surface area contributed by atoms with Crippen molar-refractivity contribution in [3.05, 3.63) is 63.4 Å². The number of halogens is 3. The molecule has 2 aromatic rings. The second-order valence-electron chi connectivity index (χ2n) is 5.00. The number of amides is 1. The SMILES string of the molecule is O=C1CCc2cc(C(Br)c3ccc(F)c(Br)c3)ccc2N1. The summed E-state index contributed by atoms with van der Waals surface area (Å²) < 4.78 is 13.8. The molecule has 1 aliphatic heterocycles. The average Bonchev–Trinajstić information content (AvgIpc) is 2.49. The maximum absolute atomic E-state index is 13.3. The van der Waals surface area contributed by atoms with Crippen molar-refractivity contribution in [2.24, 2.45) is 0 Å². The number of carbonyl (C=O) groups is 1. The quantitative estimate of drug-likeness (QED) is 0.694. The summed E-state index contributed by atoms with van der Waals surface area (Å²) in [5.74, 6) is -0.209. The third-order valence-corrected chi connectivity index (χ3v) is 5.22. The van der Waals surface area contributed by atoms with Gasteiger partial charge in [0.15, 0.2) is 0 Å². The average molecular weight is 413 g/mol. The van der Waals surface area contributed by atoms with Crippen LogP contribution >= 0.6 is 31.9 Å². The largest absolute Gasteiger partial charge is 0.326 e. The van der Waals surface area contributed by atoms with Crippen LogP contribution in [0.2, 0.25) is 0 Å². The maximum Gasteiger partial charge on any atom is 0.224 e. The molecule has 2 aromatic carbocycles. The van der Waals surface area contributed by atoms with Crippen LogP contribution in [0.5, 0.6) is 0 Å². The molecule has 1 N–H and O–H groups in total. The fraction of sp³-hybridized carbons (Fsp3) is 0.188. The minimum absolute atomic E-state index is 0.0164. The van der Waals surface area contributed by atoms with Gasteiger partial charge in [0.1, 0.15) is 5.82 Å². The van der Waals surface area contributed by atoms with E-state index in [1.54, 1.807) is 12.1 Å². The van der Waals surface area contributed by atoms with Gasteiger partial charge in [0.25, 0.3) is 0 Å². The lowest BCUT2D eigenvalue weighted by atomic mass is 9.97. The molecule has 21 heavy (non-hydrogen) atoms. The first-order chi connectivity index (χ1) is 10.0. The fourth-order valence-corrected chi connectivity index (χ4v) is 3.39. The Labute approximate surface area is 139 Å². The van der Waals surface area contributed by atoms with Crippen molar-refractivity contribution in [2.45, 2.75) is 17.7 Å². The van der Waals surface area contributed by atoms with E-state index in [4.69, 9.17) is 0 Å². The molecule has 3 rings (SSSR count). The fourth-order valence-electron chi connectivity index (χ4n) is 2.42. The lowest BCUT2D eigenvalue weighted by Crippen LogP contribution is -2.19. The molecule has 0 fully saturated rings. The number of benzene rings is 2. The van der Waals surface area contributed by atoms with Gasteiger partial charge in [-0.15, -0.1) is 0 Å². The highest BCUT2D eigenvalue weighted by molar-refractivity contribution is 9.10. The molecule has 1 atom stereocenters. The first-order valence-electron chi connectivity index (χ1n) is 6.56. The molecule has 1 heterocycles. The van der Waals surface area contributed by atoms with E-state index in [1.165, 1.54) is 6.07 Å². The van der Waals surface area contributed by atoms with Gasteiger partial charge < -0.3 is 5.32 Å². The molecule has 1 unspecified atom stereocenters. The minimum Gasteiger partial charge on any atom is -0.326 e. The Morgan fingerprint density at radius 2 is 1.81 bits per heavy atom. The van der Waals surface area contributed by atoms with E-state index in [2.05, 4.69) is 43.2 Å². The highest BCUT2D eigenvalue weighted by Crippen LogP contribution is 2.35. The van der Waals surface area contributed by atoms with Crippen LogP contribution in [0.1, 0.15) is 27.9 Å². The van der Waals surface area contributed by atoms with Crippen LogP contribution in [0, 0.1) is 5.82 Å². The van der Waals surface area contributed by atoms with E-state index >= 15 is 0 Å². The molecule has 1 amide bonds. The van der Waals surface area contributed by atoms with Crippen LogP contribution in [0.3, 0.4) is 0 Å². The zero-order valence-electron chi connectivity index (χ0n) is 11.0. The molecule has 0 aromatic heterocycles.